The molecule has 1 aromatic rings. The Hall–Kier alpha value is -2.25. The van der Waals surface area contributed by atoms with Gasteiger partial charge in [-0.1, -0.05) is 12.1 Å². The van der Waals surface area contributed by atoms with Crippen molar-refractivity contribution in [2.75, 3.05) is 6.54 Å². The fourth-order valence-electron chi connectivity index (χ4n) is 3.49. The van der Waals surface area contributed by atoms with Crippen LogP contribution in [0, 0.1) is 0 Å². The first kappa shape index (κ1) is 18.5. The lowest BCUT2D eigenvalue weighted by atomic mass is 10.0. The van der Waals surface area contributed by atoms with E-state index in [0.717, 1.165) is 30.5 Å². The molecule has 0 aromatic heterocycles. The highest BCUT2D eigenvalue weighted by molar-refractivity contribution is 6.05. The predicted molar refractivity (Wildman–Crippen MR) is 97.1 cm³/mol. The molecular formula is C19H26N4O3. The predicted octanol–water partition coefficient (Wildman–Crippen LogP) is 0.665. The first-order valence-corrected chi connectivity index (χ1v) is 9.18. The Morgan fingerprint density at radius 1 is 1.35 bits per heavy atom. The van der Waals surface area contributed by atoms with E-state index >= 15 is 0 Å². The van der Waals surface area contributed by atoms with Crippen molar-refractivity contribution < 1.29 is 14.4 Å². The van der Waals surface area contributed by atoms with Crippen LogP contribution in [0.3, 0.4) is 0 Å². The van der Waals surface area contributed by atoms with E-state index in [1.165, 1.54) is 0 Å². The van der Waals surface area contributed by atoms with Crippen molar-refractivity contribution in [2.45, 2.75) is 57.8 Å². The number of carbonyl (C=O) groups excluding carboxylic acids is 3. The number of carbonyl (C=O) groups is 3. The van der Waals surface area contributed by atoms with E-state index in [-0.39, 0.29) is 30.2 Å². The van der Waals surface area contributed by atoms with Gasteiger partial charge < -0.3 is 16.0 Å². The summed E-state index contributed by atoms with van der Waals surface area (Å²) in [5.74, 6) is -0.778. The van der Waals surface area contributed by atoms with Crippen molar-refractivity contribution in [1.82, 2.24) is 15.5 Å². The minimum atomic E-state index is -0.563. The molecule has 3 rings (SSSR count). The van der Waals surface area contributed by atoms with Crippen LogP contribution in [-0.2, 0) is 22.7 Å². The van der Waals surface area contributed by atoms with Crippen molar-refractivity contribution >= 4 is 17.7 Å². The van der Waals surface area contributed by atoms with Crippen LogP contribution < -0.4 is 16.4 Å². The van der Waals surface area contributed by atoms with E-state index in [1.807, 2.05) is 25.1 Å². The van der Waals surface area contributed by atoms with Crippen LogP contribution in [-0.4, -0.2) is 41.2 Å². The number of benzene rings is 1. The molecule has 1 aromatic carbocycles. The molecule has 1 fully saturated rings. The van der Waals surface area contributed by atoms with Crippen molar-refractivity contribution in [3.63, 3.8) is 0 Å². The molecule has 2 unspecified atom stereocenters. The highest BCUT2D eigenvalue weighted by atomic mass is 16.2. The third-order valence-corrected chi connectivity index (χ3v) is 4.93. The van der Waals surface area contributed by atoms with Gasteiger partial charge in [-0.05, 0) is 49.9 Å². The zero-order valence-corrected chi connectivity index (χ0v) is 15.1. The Morgan fingerprint density at radius 2 is 2.15 bits per heavy atom. The average Bonchev–Trinajstić information content (AvgIpc) is 2.91. The van der Waals surface area contributed by atoms with Crippen LogP contribution in [0.15, 0.2) is 18.2 Å². The summed E-state index contributed by atoms with van der Waals surface area (Å²) in [6.07, 6.45) is 2.66. The minimum Gasteiger partial charge on any atom is -0.328 e. The highest BCUT2D eigenvalue weighted by Crippen LogP contribution is 2.28. The van der Waals surface area contributed by atoms with E-state index in [2.05, 4.69) is 10.6 Å². The molecule has 4 N–H and O–H groups in total. The first-order chi connectivity index (χ1) is 12.5. The van der Waals surface area contributed by atoms with Gasteiger partial charge in [-0.15, -0.1) is 0 Å². The average molecular weight is 358 g/mol. The van der Waals surface area contributed by atoms with E-state index in [1.54, 1.807) is 4.90 Å². The number of piperidine rings is 1. The molecule has 0 spiro atoms. The van der Waals surface area contributed by atoms with Crippen LogP contribution in [0.25, 0.3) is 0 Å². The SMILES string of the molecule is CC(N)CCCNCc1ccc2c(c1)C(=O)N(C1CCC(=O)NC1=O)C2. The molecule has 7 nitrogen and oxygen atoms in total. The number of fused-ring (bicyclic) bond motifs is 1. The lowest BCUT2D eigenvalue weighted by Crippen LogP contribution is -2.52. The molecule has 0 aliphatic carbocycles. The van der Waals surface area contributed by atoms with Gasteiger partial charge in [-0.2, -0.15) is 0 Å². The summed E-state index contributed by atoms with van der Waals surface area (Å²) in [5, 5.41) is 5.69. The third kappa shape index (κ3) is 4.11. The molecule has 2 aliphatic rings. The largest absolute Gasteiger partial charge is 0.328 e. The molecule has 26 heavy (non-hydrogen) atoms. The summed E-state index contributed by atoms with van der Waals surface area (Å²) in [7, 11) is 0. The Bertz CT molecular complexity index is 717. The summed E-state index contributed by atoms with van der Waals surface area (Å²) >= 11 is 0. The van der Waals surface area contributed by atoms with E-state index in [0.29, 0.717) is 25.1 Å². The number of rotatable bonds is 7. The Morgan fingerprint density at radius 3 is 2.88 bits per heavy atom. The summed E-state index contributed by atoms with van der Waals surface area (Å²) in [6.45, 7) is 4.00. The van der Waals surface area contributed by atoms with Gasteiger partial charge in [-0.25, -0.2) is 0 Å². The Labute approximate surface area is 153 Å². The van der Waals surface area contributed by atoms with Gasteiger partial charge in [0.25, 0.3) is 5.91 Å². The molecule has 2 heterocycles. The maximum absolute atomic E-state index is 12.8. The molecule has 1 saturated heterocycles. The smallest absolute Gasteiger partial charge is 0.255 e. The molecule has 0 radical (unpaired) electrons. The fraction of sp³-hybridized carbons (Fsp3) is 0.526. The normalized spacial score (nSPS) is 20.9. The second-order valence-corrected chi connectivity index (χ2v) is 7.19. The molecule has 140 valence electrons. The van der Waals surface area contributed by atoms with E-state index in [9.17, 15) is 14.4 Å². The van der Waals surface area contributed by atoms with Gasteiger partial charge in [0.1, 0.15) is 6.04 Å². The topological polar surface area (TPSA) is 105 Å². The number of imide groups is 1. The number of amides is 3. The summed E-state index contributed by atoms with van der Waals surface area (Å²) < 4.78 is 0. The summed E-state index contributed by atoms with van der Waals surface area (Å²) in [6, 6.07) is 5.53. The quantitative estimate of drug-likeness (QED) is 0.491. The van der Waals surface area contributed by atoms with Crippen LogP contribution in [0.4, 0.5) is 0 Å². The van der Waals surface area contributed by atoms with Gasteiger partial charge in [-0.3, -0.25) is 19.7 Å². The van der Waals surface area contributed by atoms with Crippen LogP contribution in [0.1, 0.15) is 54.1 Å². The molecule has 0 bridgehead atoms. The van der Waals surface area contributed by atoms with Crippen LogP contribution >= 0.6 is 0 Å². The lowest BCUT2D eigenvalue weighted by Gasteiger charge is -2.29. The lowest BCUT2D eigenvalue weighted by molar-refractivity contribution is -0.136. The van der Waals surface area contributed by atoms with Gasteiger partial charge in [0.05, 0.1) is 0 Å². The summed E-state index contributed by atoms with van der Waals surface area (Å²) in [4.78, 5) is 37.7. The molecule has 3 amide bonds. The minimum absolute atomic E-state index is 0.131. The Balaban J connectivity index is 1.60. The summed E-state index contributed by atoms with van der Waals surface area (Å²) in [5.41, 5.74) is 8.37. The zero-order valence-electron chi connectivity index (χ0n) is 15.1. The highest BCUT2D eigenvalue weighted by Gasteiger charge is 2.38. The van der Waals surface area contributed by atoms with Crippen LogP contribution in [0.5, 0.6) is 0 Å². The molecule has 2 aliphatic heterocycles. The van der Waals surface area contributed by atoms with Crippen molar-refractivity contribution in [3.8, 4) is 0 Å². The molecule has 2 atom stereocenters. The molecular weight excluding hydrogens is 332 g/mol. The molecule has 7 heteroatoms. The van der Waals surface area contributed by atoms with Gasteiger partial charge in [0.15, 0.2) is 0 Å². The number of hydrogen-bond acceptors (Lipinski definition) is 5. The molecule has 0 saturated carbocycles. The monoisotopic (exact) mass is 358 g/mol. The Kier molecular flexibility index (Phi) is 5.68. The number of nitrogens with zero attached hydrogens (tertiary/aromatic N) is 1. The zero-order chi connectivity index (χ0) is 18.7. The van der Waals surface area contributed by atoms with Crippen LogP contribution in [0.2, 0.25) is 0 Å². The fourth-order valence-corrected chi connectivity index (χ4v) is 3.49. The number of hydrogen-bond donors (Lipinski definition) is 3. The first-order valence-electron chi connectivity index (χ1n) is 9.18. The maximum atomic E-state index is 12.8. The van der Waals surface area contributed by atoms with E-state index in [4.69, 9.17) is 5.73 Å². The van der Waals surface area contributed by atoms with Crippen molar-refractivity contribution in [2.24, 2.45) is 5.73 Å². The standard InChI is InChI=1S/C19H26N4O3/c1-12(20)3-2-8-21-10-13-4-5-14-11-23(19(26)15(14)9-13)16-6-7-17(24)22-18(16)25/h4-5,9,12,16,21H,2-3,6-8,10-11,20H2,1H3,(H,22,24,25). The number of nitrogens with one attached hydrogen (secondary N) is 2. The maximum Gasteiger partial charge on any atom is 0.255 e. The second kappa shape index (κ2) is 7.97. The van der Waals surface area contributed by atoms with E-state index < -0.39 is 6.04 Å². The third-order valence-electron chi connectivity index (χ3n) is 4.93. The van der Waals surface area contributed by atoms with Gasteiger partial charge in [0.2, 0.25) is 11.8 Å². The van der Waals surface area contributed by atoms with Crippen molar-refractivity contribution in [3.05, 3.63) is 34.9 Å². The van der Waals surface area contributed by atoms with Gasteiger partial charge >= 0.3 is 0 Å². The second-order valence-electron chi connectivity index (χ2n) is 7.19. The van der Waals surface area contributed by atoms with Crippen molar-refractivity contribution in [1.29, 1.82) is 0 Å². The van der Waals surface area contributed by atoms with Gasteiger partial charge in [0, 0.05) is 31.1 Å². The number of nitrogens with two attached hydrogens (primary N) is 1.